The van der Waals surface area contributed by atoms with E-state index in [1.54, 1.807) is 6.92 Å². The number of rotatable bonds is 3. The van der Waals surface area contributed by atoms with Crippen LogP contribution in [0.1, 0.15) is 38.4 Å². The van der Waals surface area contributed by atoms with Crippen LogP contribution in [0.15, 0.2) is 30.7 Å². The van der Waals surface area contributed by atoms with Gasteiger partial charge in [-0.25, -0.2) is 4.98 Å². The predicted molar refractivity (Wildman–Crippen MR) is 121 cm³/mol. The molecule has 1 saturated heterocycles. The van der Waals surface area contributed by atoms with Gasteiger partial charge in [0.05, 0.1) is 0 Å². The van der Waals surface area contributed by atoms with E-state index in [1.807, 2.05) is 46.9 Å². The van der Waals surface area contributed by atoms with Crippen LogP contribution < -0.4 is 5.32 Å². The number of aromatic amines is 1. The number of anilines is 1. The van der Waals surface area contributed by atoms with Gasteiger partial charge in [0.1, 0.15) is 11.5 Å². The van der Waals surface area contributed by atoms with Crippen molar-refractivity contribution in [2.24, 2.45) is 5.41 Å². The Morgan fingerprint density at radius 1 is 1.22 bits per heavy atom. The number of nitrogens with zero attached hydrogens (tertiary/aromatic N) is 6. The predicted octanol–water partition coefficient (Wildman–Crippen LogP) is 3.18. The number of fused-ring (bicyclic) bond motifs is 2. The van der Waals surface area contributed by atoms with Crippen LogP contribution in [0.4, 0.5) is 5.95 Å². The summed E-state index contributed by atoms with van der Waals surface area (Å²) in [5.74, 6) is 1.71. The highest BCUT2D eigenvalue weighted by atomic mass is 16.2. The van der Waals surface area contributed by atoms with E-state index in [-0.39, 0.29) is 5.91 Å². The minimum Gasteiger partial charge on any atom is -0.351 e. The third-order valence-electron chi connectivity index (χ3n) is 7.28. The molecule has 4 aromatic rings. The molecule has 2 fully saturated rings. The summed E-state index contributed by atoms with van der Waals surface area (Å²) in [7, 11) is 0. The molecule has 1 spiro atoms. The van der Waals surface area contributed by atoms with Gasteiger partial charge in [0.15, 0.2) is 5.65 Å². The van der Waals surface area contributed by atoms with Crippen LogP contribution in [0.2, 0.25) is 0 Å². The Balaban J connectivity index is 1.16. The Kier molecular flexibility index (Phi) is 4.21. The molecule has 0 aromatic carbocycles. The van der Waals surface area contributed by atoms with Crippen molar-refractivity contribution in [3.05, 3.63) is 36.5 Å². The number of carbonyl (C=O) groups is 1. The van der Waals surface area contributed by atoms with E-state index in [4.69, 9.17) is 4.98 Å². The van der Waals surface area contributed by atoms with Gasteiger partial charge in [-0.2, -0.15) is 4.98 Å². The summed E-state index contributed by atoms with van der Waals surface area (Å²) in [6, 6.07) is 4.41. The van der Waals surface area contributed by atoms with Crippen LogP contribution in [0.5, 0.6) is 0 Å². The third kappa shape index (κ3) is 3.11. The van der Waals surface area contributed by atoms with Crippen molar-refractivity contribution in [2.75, 3.05) is 18.4 Å². The van der Waals surface area contributed by atoms with E-state index in [0.717, 1.165) is 72.4 Å². The molecule has 1 aliphatic heterocycles. The molecule has 1 aliphatic carbocycles. The zero-order valence-electron chi connectivity index (χ0n) is 18.3. The van der Waals surface area contributed by atoms with Crippen LogP contribution in [0.3, 0.4) is 0 Å². The smallest absolute Gasteiger partial charge is 0.224 e. The zero-order valence-corrected chi connectivity index (χ0v) is 18.3. The Morgan fingerprint density at radius 2 is 2.03 bits per heavy atom. The molecule has 4 aromatic heterocycles. The normalized spacial score (nSPS) is 18.4. The topological polar surface area (TPSA) is 104 Å². The number of H-pyrrole nitrogens is 1. The minimum atomic E-state index is 0.192. The second-order valence-electron chi connectivity index (χ2n) is 9.31. The average molecular weight is 431 g/mol. The molecule has 2 N–H and O–H groups in total. The Bertz CT molecular complexity index is 1320. The minimum absolute atomic E-state index is 0.192. The van der Waals surface area contributed by atoms with Gasteiger partial charge < -0.3 is 15.2 Å². The monoisotopic (exact) mass is 430 g/mol. The van der Waals surface area contributed by atoms with Crippen molar-refractivity contribution in [1.29, 1.82) is 0 Å². The highest BCUT2D eigenvalue weighted by Gasteiger charge is 2.46. The molecule has 0 atom stereocenters. The lowest BCUT2D eigenvalue weighted by Gasteiger charge is -2.52. The molecule has 1 saturated carbocycles. The number of carbonyl (C=O) groups excluding carboxylic acids is 1. The van der Waals surface area contributed by atoms with Gasteiger partial charge in [-0.1, -0.05) is 0 Å². The fourth-order valence-corrected chi connectivity index (χ4v) is 5.35. The van der Waals surface area contributed by atoms with Gasteiger partial charge >= 0.3 is 0 Å². The summed E-state index contributed by atoms with van der Waals surface area (Å²) in [6.45, 7) is 5.38. The van der Waals surface area contributed by atoms with Crippen LogP contribution in [-0.4, -0.2) is 59.5 Å². The lowest BCUT2D eigenvalue weighted by atomic mass is 9.60. The number of hydrogen-bond acceptors (Lipinski definition) is 6. The lowest BCUT2D eigenvalue weighted by Crippen LogP contribution is -2.52. The molecule has 2 aliphatic rings. The molecule has 9 nitrogen and oxygen atoms in total. The van der Waals surface area contributed by atoms with Crippen LogP contribution in [-0.2, 0) is 4.79 Å². The molecule has 164 valence electrons. The van der Waals surface area contributed by atoms with Gasteiger partial charge in [-0.3, -0.25) is 9.20 Å². The quantitative estimate of drug-likeness (QED) is 0.517. The second kappa shape index (κ2) is 7.01. The van der Waals surface area contributed by atoms with Gasteiger partial charge in [0, 0.05) is 61.2 Å². The molecule has 0 bridgehead atoms. The van der Waals surface area contributed by atoms with Crippen molar-refractivity contribution in [2.45, 2.75) is 45.6 Å². The fourth-order valence-electron chi connectivity index (χ4n) is 5.35. The molecule has 6 rings (SSSR count). The van der Waals surface area contributed by atoms with E-state index >= 15 is 0 Å². The first-order valence-corrected chi connectivity index (χ1v) is 11.2. The Labute approximate surface area is 185 Å². The maximum atomic E-state index is 11.6. The first-order chi connectivity index (χ1) is 15.5. The number of nitrogens with one attached hydrogen (secondary N) is 2. The summed E-state index contributed by atoms with van der Waals surface area (Å²) in [5, 5.41) is 12.8. The van der Waals surface area contributed by atoms with Gasteiger partial charge in [0.25, 0.3) is 0 Å². The number of hydrogen-bond donors (Lipinski definition) is 2. The maximum absolute atomic E-state index is 11.6. The van der Waals surface area contributed by atoms with Crippen molar-refractivity contribution in [1.82, 2.24) is 34.4 Å². The highest BCUT2D eigenvalue weighted by molar-refractivity contribution is 5.93. The largest absolute Gasteiger partial charge is 0.351 e. The maximum Gasteiger partial charge on any atom is 0.224 e. The first-order valence-electron chi connectivity index (χ1n) is 11.2. The van der Waals surface area contributed by atoms with Crippen LogP contribution in [0, 0.1) is 12.3 Å². The molecule has 0 unspecified atom stereocenters. The summed E-state index contributed by atoms with van der Waals surface area (Å²) in [6.07, 6.45) is 10.3. The number of pyridine rings is 1. The first kappa shape index (κ1) is 19.2. The number of piperidine rings is 1. The lowest BCUT2D eigenvalue weighted by molar-refractivity contribution is -0.132. The van der Waals surface area contributed by atoms with Crippen molar-refractivity contribution in [3.63, 3.8) is 0 Å². The number of likely N-dealkylation sites (tertiary alicyclic amines) is 1. The SMILES string of the molecule is CC(=O)N1CCC2(CC1)CC(Nc1ncc3c(-c4ccc5nnc(C)n5c4)c[nH]c3n1)C2. The number of aromatic nitrogens is 6. The van der Waals surface area contributed by atoms with E-state index in [9.17, 15) is 4.79 Å². The van der Waals surface area contributed by atoms with E-state index in [2.05, 4.69) is 25.5 Å². The molecule has 32 heavy (non-hydrogen) atoms. The second-order valence-corrected chi connectivity index (χ2v) is 9.31. The van der Waals surface area contributed by atoms with Crippen molar-refractivity contribution < 1.29 is 4.79 Å². The Hall–Kier alpha value is -3.49. The Morgan fingerprint density at radius 3 is 2.81 bits per heavy atom. The third-order valence-corrected chi connectivity index (χ3v) is 7.28. The van der Waals surface area contributed by atoms with Gasteiger partial charge in [0.2, 0.25) is 11.9 Å². The standard InChI is InChI=1S/C23H26N8O/c1-14-28-29-20-4-3-16(13-31(14)20)18-11-24-21-19(18)12-25-22(27-21)26-17-9-23(10-17)5-7-30(8-6-23)15(2)32/h3-4,11-13,17H,5-10H2,1-2H3,(H2,24,25,26,27). The average Bonchev–Trinajstić information content (AvgIpc) is 3.36. The molecule has 1 amide bonds. The molecule has 5 heterocycles. The summed E-state index contributed by atoms with van der Waals surface area (Å²) in [5.41, 5.74) is 4.16. The summed E-state index contributed by atoms with van der Waals surface area (Å²) >= 11 is 0. The summed E-state index contributed by atoms with van der Waals surface area (Å²) < 4.78 is 1.98. The van der Waals surface area contributed by atoms with E-state index < -0.39 is 0 Å². The van der Waals surface area contributed by atoms with Gasteiger partial charge in [-0.05, 0) is 50.2 Å². The van der Waals surface area contributed by atoms with Crippen LogP contribution in [0.25, 0.3) is 27.8 Å². The van der Waals surface area contributed by atoms with E-state index in [1.165, 1.54) is 0 Å². The fraction of sp³-hybridized carbons (Fsp3) is 0.435. The number of aryl methyl sites for hydroxylation is 1. The molecular weight excluding hydrogens is 404 g/mol. The number of amides is 1. The highest BCUT2D eigenvalue weighted by Crippen LogP contribution is 2.49. The molecule has 9 heteroatoms. The van der Waals surface area contributed by atoms with Crippen LogP contribution >= 0.6 is 0 Å². The zero-order chi connectivity index (χ0) is 21.9. The molecule has 0 radical (unpaired) electrons. The summed E-state index contributed by atoms with van der Waals surface area (Å²) in [4.78, 5) is 26.2. The van der Waals surface area contributed by atoms with Crippen molar-refractivity contribution >= 4 is 28.5 Å². The molecular formula is C23H26N8O. The van der Waals surface area contributed by atoms with E-state index in [0.29, 0.717) is 17.4 Å². The van der Waals surface area contributed by atoms with Gasteiger partial charge in [-0.15, -0.1) is 10.2 Å². The van der Waals surface area contributed by atoms with Crippen molar-refractivity contribution in [3.8, 4) is 11.1 Å².